The largest absolute Gasteiger partial charge is 0.493 e. The molecule has 1 aromatic heterocycles. The molecule has 0 atom stereocenters. The van der Waals surface area contributed by atoms with Crippen molar-refractivity contribution in [1.29, 1.82) is 0 Å². The average molecular weight is 366 g/mol. The van der Waals surface area contributed by atoms with Crippen molar-refractivity contribution >= 4 is 17.2 Å². The second kappa shape index (κ2) is 9.15. The van der Waals surface area contributed by atoms with Crippen LogP contribution in [0.2, 0.25) is 0 Å². The van der Waals surface area contributed by atoms with Gasteiger partial charge in [-0.2, -0.15) is 0 Å². The van der Waals surface area contributed by atoms with Crippen molar-refractivity contribution in [2.75, 3.05) is 6.61 Å². The van der Waals surface area contributed by atoms with Gasteiger partial charge in [0, 0.05) is 17.5 Å². The first-order chi connectivity index (χ1) is 12.7. The molecule has 0 fully saturated rings. The minimum absolute atomic E-state index is 0.0313. The molecule has 0 aliphatic rings. The lowest BCUT2D eigenvalue weighted by Gasteiger charge is -2.06. The Morgan fingerprint density at radius 1 is 1.12 bits per heavy atom. The molecular formula is C21H22N2O2S. The molecule has 26 heavy (non-hydrogen) atoms. The van der Waals surface area contributed by atoms with Crippen LogP contribution in [0.25, 0.3) is 0 Å². The van der Waals surface area contributed by atoms with Gasteiger partial charge in [-0.25, -0.2) is 4.98 Å². The molecule has 0 aliphatic heterocycles. The molecule has 1 heterocycles. The van der Waals surface area contributed by atoms with E-state index in [-0.39, 0.29) is 5.91 Å². The van der Waals surface area contributed by atoms with Crippen LogP contribution in [0.3, 0.4) is 0 Å². The minimum atomic E-state index is -0.0313. The molecule has 1 N–H and O–H groups in total. The summed E-state index contributed by atoms with van der Waals surface area (Å²) in [5.41, 5.74) is 2.53. The monoisotopic (exact) mass is 366 g/mol. The standard InChI is InChI=1S/C21H22N2O2S/c1-16-7-9-17(10-8-16)13-19-14-23-21(26-19)15-22-20(24)11-12-25-18-5-3-2-4-6-18/h2-10,14H,11-13,15H2,1H3,(H,22,24). The lowest BCUT2D eigenvalue weighted by atomic mass is 10.1. The number of rotatable bonds is 8. The fourth-order valence-corrected chi connectivity index (χ4v) is 3.36. The zero-order valence-corrected chi connectivity index (χ0v) is 15.6. The Hall–Kier alpha value is -2.66. The molecule has 3 rings (SSSR count). The van der Waals surface area contributed by atoms with Gasteiger partial charge in [-0.15, -0.1) is 11.3 Å². The number of nitrogens with zero attached hydrogens (tertiary/aromatic N) is 1. The summed E-state index contributed by atoms with van der Waals surface area (Å²) in [7, 11) is 0. The highest BCUT2D eigenvalue weighted by Crippen LogP contribution is 2.17. The molecule has 2 aromatic carbocycles. The summed E-state index contributed by atoms with van der Waals surface area (Å²) in [6.07, 6.45) is 3.10. The maximum Gasteiger partial charge on any atom is 0.223 e. The van der Waals surface area contributed by atoms with Gasteiger partial charge in [-0.3, -0.25) is 4.79 Å². The van der Waals surface area contributed by atoms with E-state index in [9.17, 15) is 4.79 Å². The summed E-state index contributed by atoms with van der Waals surface area (Å²) >= 11 is 1.64. The summed E-state index contributed by atoms with van der Waals surface area (Å²) in [6.45, 7) is 2.91. The van der Waals surface area contributed by atoms with Gasteiger partial charge in [0.25, 0.3) is 0 Å². The summed E-state index contributed by atoms with van der Waals surface area (Å²) in [4.78, 5) is 17.5. The molecule has 0 unspecified atom stereocenters. The Labute approximate surface area is 157 Å². The van der Waals surface area contributed by atoms with Crippen LogP contribution in [0.1, 0.15) is 27.4 Å². The highest BCUT2D eigenvalue weighted by atomic mass is 32.1. The Bertz CT molecular complexity index is 829. The molecule has 3 aromatic rings. The van der Waals surface area contributed by atoms with Crippen molar-refractivity contribution in [3.05, 3.63) is 81.8 Å². The maximum atomic E-state index is 11.9. The maximum absolute atomic E-state index is 11.9. The number of aryl methyl sites for hydroxylation is 1. The number of aromatic nitrogens is 1. The molecule has 1 amide bonds. The van der Waals surface area contributed by atoms with Crippen LogP contribution in [-0.4, -0.2) is 17.5 Å². The second-order valence-corrected chi connectivity index (χ2v) is 7.27. The number of hydrogen-bond acceptors (Lipinski definition) is 4. The molecular weight excluding hydrogens is 344 g/mol. The molecule has 4 nitrogen and oxygen atoms in total. The van der Waals surface area contributed by atoms with Gasteiger partial charge >= 0.3 is 0 Å². The van der Waals surface area contributed by atoms with Crippen LogP contribution in [0.15, 0.2) is 60.8 Å². The molecule has 0 saturated carbocycles. The lowest BCUT2D eigenvalue weighted by molar-refractivity contribution is -0.121. The summed E-state index contributed by atoms with van der Waals surface area (Å²) in [6, 6.07) is 18.0. The van der Waals surface area contributed by atoms with Gasteiger partial charge in [0.05, 0.1) is 19.6 Å². The number of hydrogen-bond donors (Lipinski definition) is 1. The Morgan fingerprint density at radius 3 is 2.65 bits per heavy atom. The number of carbonyl (C=O) groups is 1. The topological polar surface area (TPSA) is 51.2 Å². The Balaban J connectivity index is 1.40. The van der Waals surface area contributed by atoms with E-state index in [1.54, 1.807) is 11.3 Å². The third kappa shape index (κ3) is 5.70. The molecule has 0 spiro atoms. The van der Waals surface area contributed by atoms with E-state index in [4.69, 9.17) is 4.74 Å². The third-order valence-corrected chi connectivity index (χ3v) is 4.88. The molecule has 0 saturated heterocycles. The van der Waals surface area contributed by atoms with Crippen LogP contribution < -0.4 is 10.1 Å². The van der Waals surface area contributed by atoms with Gasteiger partial charge in [-0.05, 0) is 24.6 Å². The third-order valence-electron chi connectivity index (χ3n) is 3.88. The first kappa shape index (κ1) is 18.1. The highest BCUT2D eigenvalue weighted by molar-refractivity contribution is 7.11. The lowest BCUT2D eigenvalue weighted by Crippen LogP contribution is -2.24. The zero-order chi connectivity index (χ0) is 18.2. The molecule has 0 bridgehead atoms. The van der Waals surface area contributed by atoms with E-state index in [1.165, 1.54) is 16.0 Å². The van der Waals surface area contributed by atoms with E-state index in [1.807, 2.05) is 36.5 Å². The van der Waals surface area contributed by atoms with Crippen molar-refractivity contribution in [3.8, 4) is 5.75 Å². The number of ether oxygens (including phenoxy) is 1. The van der Waals surface area contributed by atoms with Crippen LogP contribution in [-0.2, 0) is 17.8 Å². The normalized spacial score (nSPS) is 10.5. The first-order valence-electron chi connectivity index (χ1n) is 8.63. The van der Waals surface area contributed by atoms with Gasteiger partial charge in [-0.1, -0.05) is 48.0 Å². The molecule has 5 heteroatoms. The SMILES string of the molecule is Cc1ccc(Cc2cnc(CNC(=O)CCOc3ccccc3)s2)cc1. The van der Waals surface area contributed by atoms with Crippen molar-refractivity contribution in [2.24, 2.45) is 0 Å². The van der Waals surface area contributed by atoms with Crippen molar-refractivity contribution in [3.63, 3.8) is 0 Å². The minimum Gasteiger partial charge on any atom is -0.493 e. The van der Waals surface area contributed by atoms with Crippen molar-refractivity contribution in [1.82, 2.24) is 10.3 Å². The van der Waals surface area contributed by atoms with E-state index in [0.29, 0.717) is 19.6 Å². The number of benzene rings is 2. The number of para-hydroxylation sites is 1. The predicted molar refractivity (Wildman–Crippen MR) is 104 cm³/mol. The summed E-state index contributed by atoms with van der Waals surface area (Å²) in [5, 5.41) is 3.82. The number of nitrogens with one attached hydrogen (secondary N) is 1. The van der Waals surface area contributed by atoms with E-state index in [0.717, 1.165) is 17.2 Å². The van der Waals surface area contributed by atoms with Gasteiger partial charge < -0.3 is 10.1 Å². The number of thiazole rings is 1. The fourth-order valence-electron chi connectivity index (χ4n) is 2.46. The second-order valence-electron chi connectivity index (χ2n) is 6.07. The van der Waals surface area contributed by atoms with Crippen molar-refractivity contribution < 1.29 is 9.53 Å². The quantitative estimate of drug-likeness (QED) is 0.652. The molecule has 134 valence electrons. The number of amides is 1. The first-order valence-corrected chi connectivity index (χ1v) is 9.44. The Morgan fingerprint density at radius 2 is 1.88 bits per heavy atom. The fraction of sp³-hybridized carbons (Fsp3) is 0.238. The van der Waals surface area contributed by atoms with Crippen LogP contribution in [0.5, 0.6) is 5.75 Å². The smallest absolute Gasteiger partial charge is 0.223 e. The van der Waals surface area contributed by atoms with Crippen LogP contribution >= 0.6 is 11.3 Å². The van der Waals surface area contributed by atoms with Crippen molar-refractivity contribution in [2.45, 2.75) is 26.3 Å². The number of carbonyl (C=O) groups excluding carboxylic acids is 1. The van der Waals surface area contributed by atoms with Gasteiger partial charge in [0.2, 0.25) is 5.91 Å². The van der Waals surface area contributed by atoms with Crippen LogP contribution in [0, 0.1) is 6.92 Å². The summed E-state index contributed by atoms with van der Waals surface area (Å²) in [5.74, 6) is 0.747. The van der Waals surface area contributed by atoms with E-state index in [2.05, 4.69) is 41.5 Å². The average Bonchev–Trinajstić information content (AvgIpc) is 3.10. The zero-order valence-electron chi connectivity index (χ0n) is 14.8. The molecule has 0 radical (unpaired) electrons. The predicted octanol–water partition coefficient (Wildman–Crippen LogP) is 4.13. The summed E-state index contributed by atoms with van der Waals surface area (Å²) < 4.78 is 5.53. The highest BCUT2D eigenvalue weighted by Gasteiger charge is 2.06. The van der Waals surface area contributed by atoms with Gasteiger partial charge in [0.15, 0.2) is 0 Å². The van der Waals surface area contributed by atoms with Crippen LogP contribution in [0.4, 0.5) is 0 Å². The Kier molecular flexibility index (Phi) is 6.39. The van der Waals surface area contributed by atoms with E-state index >= 15 is 0 Å². The van der Waals surface area contributed by atoms with E-state index < -0.39 is 0 Å². The van der Waals surface area contributed by atoms with Gasteiger partial charge in [0.1, 0.15) is 10.8 Å². The molecule has 0 aliphatic carbocycles.